The minimum absolute atomic E-state index is 0.234. The number of furan rings is 1. The zero-order valence-electron chi connectivity index (χ0n) is 11.3. The van der Waals surface area contributed by atoms with E-state index in [1.807, 2.05) is 6.92 Å². The van der Waals surface area contributed by atoms with Crippen LogP contribution in [0, 0.1) is 6.92 Å². The number of rotatable bonds is 4. The normalized spacial score (nSPS) is 10.3. The molecular formula is C13H16N4O3. The first-order chi connectivity index (χ1) is 9.61. The van der Waals surface area contributed by atoms with Crippen molar-refractivity contribution in [3.63, 3.8) is 0 Å². The van der Waals surface area contributed by atoms with Crippen LogP contribution in [0.5, 0.6) is 0 Å². The quantitative estimate of drug-likeness (QED) is 0.733. The van der Waals surface area contributed by atoms with Crippen molar-refractivity contribution < 1.29 is 14.0 Å². The van der Waals surface area contributed by atoms with Crippen LogP contribution in [0.25, 0.3) is 0 Å². The molecule has 2 heterocycles. The molecule has 0 spiro atoms. The van der Waals surface area contributed by atoms with Crippen LogP contribution in [0.3, 0.4) is 0 Å². The van der Waals surface area contributed by atoms with Gasteiger partial charge in [0.2, 0.25) is 0 Å². The second kappa shape index (κ2) is 6.05. The van der Waals surface area contributed by atoms with Crippen LogP contribution in [0.4, 0.5) is 0 Å². The highest BCUT2D eigenvalue weighted by atomic mass is 16.3. The van der Waals surface area contributed by atoms with E-state index in [9.17, 15) is 9.59 Å². The second-order valence-corrected chi connectivity index (χ2v) is 4.33. The first-order valence-electron chi connectivity index (χ1n) is 6.31. The highest BCUT2D eigenvalue weighted by Gasteiger charge is 2.14. The van der Waals surface area contributed by atoms with E-state index in [4.69, 9.17) is 4.42 Å². The number of aromatic nitrogens is 2. The number of aromatic amines is 1. The summed E-state index contributed by atoms with van der Waals surface area (Å²) in [5.74, 6) is -0.422. The summed E-state index contributed by atoms with van der Waals surface area (Å²) in [7, 11) is 0. The molecule has 0 saturated heterocycles. The predicted octanol–water partition coefficient (Wildman–Crippen LogP) is 1.34. The van der Waals surface area contributed by atoms with Crippen LogP contribution in [0.15, 0.2) is 22.8 Å². The van der Waals surface area contributed by atoms with Crippen LogP contribution >= 0.6 is 0 Å². The molecule has 0 aromatic carbocycles. The minimum Gasteiger partial charge on any atom is -0.469 e. The van der Waals surface area contributed by atoms with Gasteiger partial charge in [0.1, 0.15) is 5.76 Å². The summed E-state index contributed by atoms with van der Waals surface area (Å²) >= 11 is 0. The maximum atomic E-state index is 11.8. The van der Waals surface area contributed by atoms with E-state index in [-0.39, 0.29) is 5.69 Å². The molecule has 0 bridgehead atoms. The average Bonchev–Trinajstić information content (AvgIpc) is 3.05. The summed E-state index contributed by atoms with van der Waals surface area (Å²) in [6.45, 7) is 3.70. The standard InChI is InChI=1S/C13H16N4O3/c1-3-4-9-7-11(15-14-9)13(19)17-16-12(18)10-5-6-20-8(10)2/h5-7H,3-4H2,1-2H3,(H,14,15)(H,16,18)(H,17,19). The van der Waals surface area contributed by atoms with Crippen LogP contribution in [-0.4, -0.2) is 22.0 Å². The molecule has 0 aliphatic heterocycles. The molecule has 7 heteroatoms. The van der Waals surface area contributed by atoms with Crippen molar-refractivity contribution in [2.75, 3.05) is 0 Å². The van der Waals surface area contributed by atoms with Crippen LogP contribution in [0.2, 0.25) is 0 Å². The molecule has 0 aliphatic carbocycles. The number of aryl methyl sites for hydroxylation is 2. The van der Waals surface area contributed by atoms with E-state index in [0.717, 1.165) is 18.5 Å². The van der Waals surface area contributed by atoms with Crippen molar-refractivity contribution in [1.29, 1.82) is 0 Å². The molecule has 2 amide bonds. The lowest BCUT2D eigenvalue weighted by molar-refractivity contribution is 0.0843. The smallest absolute Gasteiger partial charge is 0.290 e. The van der Waals surface area contributed by atoms with Crippen molar-refractivity contribution >= 4 is 11.8 Å². The summed E-state index contributed by atoms with van der Waals surface area (Å²) in [5.41, 5.74) is 6.11. The SMILES string of the molecule is CCCc1cc(C(=O)NNC(=O)c2ccoc2C)n[nH]1. The summed E-state index contributed by atoms with van der Waals surface area (Å²) in [5, 5.41) is 6.66. The molecule has 2 rings (SSSR count). The molecule has 0 fully saturated rings. The molecule has 0 saturated carbocycles. The highest BCUT2D eigenvalue weighted by molar-refractivity contribution is 5.98. The molecule has 106 valence electrons. The summed E-state index contributed by atoms with van der Waals surface area (Å²) in [4.78, 5) is 23.5. The fraction of sp³-hybridized carbons (Fsp3) is 0.308. The van der Waals surface area contributed by atoms with Crippen molar-refractivity contribution in [3.05, 3.63) is 41.1 Å². The average molecular weight is 276 g/mol. The first-order valence-corrected chi connectivity index (χ1v) is 6.31. The van der Waals surface area contributed by atoms with Gasteiger partial charge in [-0.3, -0.25) is 25.5 Å². The number of nitrogens with one attached hydrogen (secondary N) is 3. The largest absolute Gasteiger partial charge is 0.469 e. The summed E-state index contributed by atoms with van der Waals surface area (Å²) < 4.78 is 5.02. The number of nitrogens with zero attached hydrogens (tertiary/aromatic N) is 1. The summed E-state index contributed by atoms with van der Waals surface area (Å²) in [6.07, 6.45) is 3.19. The third-order valence-corrected chi connectivity index (χ3v) is 2.78. The maximum Gasteiger partial charge on any atom is 0.290 e. The van der Waals surface area contributed by atoms with Crippen LogP contribution in [0.1, 0.15) is 45.6 Å². The van der Waals surface area contributed by atoms with E-state index in [1.54, 1.807) is 13.0 Å². The van der Waals surface area contributed by atoms with Crippen molar-refractivity contribution in [1.82, 2.24) is 21.0 Å². The lowest BCUT2D eigenvalue weighted by atomic mass is 10.2. The Labute approximate surface area is 115 Å². The summed E-state index contributed by atoms with van der Waals surface area (Å²) in [6, 6.07) is 3.19. The van der Waals surface area contributed by atoms with Gasteiger partial charge in [-0.1, -0.05) is 13.3 Å². The van der Waals surface area contributed by atoms with Crippen molar-refractivity contribution in [3.8, 4) is 0 Å². The van der Waals surface area contributed by atoms with Gasteiger partial charge in [0, 0.05) is 5.69 Å². The highest BCUT2D eigenvalue weighted by Crippen LogP contribution is 2.07. The number of hydrazine groups is 1. The molecular weight excluding hydrogens is 260 g/mol. The van der Waals surface area contributed by atoms with Gasteiger partial charge in [-0.15, -0.1) is 0 Å². The van der Waals surface area contributed by atoms with E-state index < -0.39 is 11.8 Å². The Bertz CT molecular complexity index is 615. The monoisotopic (exact) mass is 276 g/mol. The van der Waals surface area contributed by atoms with Gasteiger partial charge < -0.3 is 4.42 Å². The zero-order chi connectivity index (χ0) is 14.5. The lowest BCUT2D eigenvalue weighted by Gasteiger charge is -2.04. The van der Waals surface area contributed by atoms with Crippen molar-refractivity contribution in [2.24, 2.45) is 0 Å². The van der Waals surface area contributed by atoms with Gasteiger partial charge in [0.05, 0.1) is 11.8 Å². The molecule has 0 atom stereocenters. The lowest BCUT2D eigenvalue weighted by Crippen LogP contribution is -2.41. The minimum atomic E-state index is -0.474. The Morgan fingerprint density at radius 1 is 1.35 bits per heavy atom. The Morgan fingerprint density at radius 2 is 2.10 bits per heavy atom. The zero-order valence-corrected chi connectivity index (χ0v) is 11.3. The molecule has 0 radical (unpaired) electrons. The van der Waals surface area contributed by atoms with Gasteiger partial charge in [-0.2, -0.15) is 5.10 Å². The molecule has 2 aromatic heterocycles. The number of carbonyl (C=O) groups is 2. The number of carbonyl (C=O) groups excluding carboxylic acids is 2. The third kappa shape index (κ3) is 3.05. The van der Waals surface area contributed by atoms with Crippen LogP contribution in [-0.2, 0) is 6.42 Å². The Balaban J connectivity index is 1.91. The van der Waals surface area contributed by atoms with E-state index >= 15 is 0 Å². The van der Waals surface area contributed by atoms with Gasteiger partial charge in [0.25, 0.3) is 11.8 Å². The molecule has 20 heavy (non-hydrogen) atoms. The molecule has 0 aliphatic rings. The van der Waals surface area contributed by atoms with Gasteiger partial charge in [0.15, 0.2) is 5.69 Å². The van der Waals surface area contributed by atoms with E-state index in [1.165, 1.54) is 12.3 Å². The molecule has 7 nitrogen and oxygen atoms in total. The van der Waals surface area contributed by atoms with Gasteiger partial charge in [-0.05, 0) is 25.5 Å². The Hall–Kier alpha value is -2.57. The van der Waals surface area contributed by atoms with Crippen molar-refractivity contribution in [2.45, 2.75) is 26.7 Å². The van der Waals surface area contributed by atoms with Gasteiger partial charge >= 0.3 is 0 Å². The topological polar surface area (TPSA) is 100 Å². The van der Waals surface area contributed by atoms with E-state index in [2.05, 4.69) is 21.0 Å². The third-order valence-electron chi connectivity index (χ3n) is 2.78. The molecule has 3 N–H and O–H groups in total. The fourth-order valence-electron chi connectivity index (χ4n) is 1.74. The van der Waals surface area contributed by atoms with Crippen LogP contribution < -0.4 is 10.9 Å². The Kier molecular flexibility index (Phi) is 4.19. The predicted molar refractivity (Wildman–Crippen MR) is 71.0 cm³/mol. The Morgan fingerprint density at radius 3 is 2.75 bits per heavy atom. The second-order valence-electron chi connectivity index (χ2n) is 4.33. The molecule has 2 aromatic rings. The number of H-pyrrole nitrogens is 1. The van der Waals surface area contributed by atoms with Gasteiger partial charge in [-0.25, -0.2) is 0 Å². The number of hydrogen-bond acceptors (Lipinski definition) is 4. The molecule has 0 unspecified atom stereocenters. The first kappa shape index (κ1) is 13.9. The number of amides is 2. The van der Waals surface area contributed by atoms with E-state index in [0.29, 0.717) is 11.3 Å². The fourth-order valence-corrected chi connectivity index (χ4v) is 1.74. The maximum absolute atomic E-state index is 11.8. The number of hydrogen-bond donors (Lipinski definition) is 3.